The highest BCUT2D eigenvalue weighted by atomic mass is 16.3. The number of nitriles is 1. The van der Waals surface area contributed by atoms with E-state index in [9.17, 15) is 10.4 Å². The SMILES string of the molecule is CC(C)(C)[C@H](c1ccccc1)c1cc(O)ccc1C#N. The highest BCUT2D eigenvalue weighted by molar-refractivity contribution is 5.48. The highest BCUT2D eigenvalue weighted by Gasteiger charge is 2.29. The Morgan fingerprint density at radius 3 is 2.25 bits per heavy atom. The predicted octanol–water partition coefficient (Wildman–Crippen LogP) is 4.44. The van der Waals surface area contributed by atoms with Gasteiger partial charge in [-0.3, -0.25) is 0 Å². The van der Waals surface area contributed by atoms with Crippen LogP contribution in [0, 0.1) is 16.7 Å². The van der Waals surface area contributed by atoms with Crippen LogP contribution < -0.4 is 0 Å². The molecule has 0 saturated heterocycles. The van der Waals surface area contributed by atoms with E-state index in [1.807, 2.05) is 18.2 Å². The molecular formula is C18H19NO. The third kappa shape index (κ3) is 2.83. The van der Waals surface area contributed by atoms with Gasteiger partial charge in [-0.2, -0.15) is 5.26 Å². The molecule has 0 amide bonds. The quantitative estimate of drug-likeness (QED) is 0.872. The summed E-state index contributed by atoms with van der Waals surface area (Å²) in [4.78, 5) is 0. The Bertz CT molecular complexity index is 633. The first-order valence-electron chi connectivity index (χ1n) is 6.71. The van der Waals surface area contributed by atoms with E-state index in [0.29, 0.717) is 5.56 Å². The number of hydrogen-bond donors (Lipinski definition) is 1. The van der Waals surface area contributed by atoms with Gasteiger partial charge in [0.05, 0.1) is 11.6 Å². The van der Waals surface area contributed by atoms with Gasteiger partial charge in [0, 0.05) is 5.92 Å². The molecule has 0 spiro atoms. The molecule has 2 heteroatoms. The van der Waals surface area contributed by atoms with Crippen molar-refractivity contribution in [1.29, 1.82) is 5.26 Å². The van der Waals surface area contributed by atoms with Crippen molar-refractivity contribution in [2.75, 3.05) is 0 Å². The largest absolute Gasteiger partial charge is 0.508 e. The Kier molecular flexibility index (Phi) is 3.81. The number of nitrogens with zero attached hydrogens (tertiary/aromatic N) is 1. The molecule has 0 aliphatic carbocycles. The predicted molar refractivity (Wildman–Crippen MR) is 80.6 cm³/mol. The number of rotatable bonds is 2. The van der Waals surface area contributed by atoms with Gasteiger partial charge in [0.15, 0.2) is 0 Å². The topological polar surface area (TPSA) is 44.0 Å². The summed E-state index contributed by atoms with van der Waals surface area (Å²) in [5.74, 6) is 0.259. The Morgan fingerprint density at radius 1 is 1.05 bits per heavy atom. The van der Waals surface area contributed by atoms with Crippen molar-refractivity contribution < 1.29 is 5.11 Å². The molecule has 0 aliphatic rings. The normalized spacial score (nSPS) is 12.7. The molecule has 1 atom stereocenters. The maximum Gasteiger partial charge on any atom is 0.115 e. The van der Waals surface area contributed by atoms with E-state index >= 15 is 0 Å². The van der Waals surface area contributed by atoms with Crippen LogP contribution in [0.25, 0.3) is 0 Å². The molecule has 102 valence electrons. The molecule has 0 heterocycles. The zero-order valence-corrected chi connectivity index (χ0v) is 12.1. The average Bonchev–Trinajstić information content (AvgIpc) is 2.39. The Morgan fingerprint density at radius 2 is 1.70 bits per heavy atom. The van der Waals surface area contributed by atoms with Gasteiger partial charge in [-0.05, 0) is 34.7 Å². The molecule has 1 N–H and O–H groups in total. The van der Waals surface area contributed by atoms with Crippen LogP contribution in [0.5, 0.6) is 5.75 Å². The van der Waals surface area contributed by atoms with E-state index in [4.69, 9.17) is 0 Å². The molecule has 0 radical (unpaired) electrons. The van der Waals surface area contributed by atoms with Gasteiger partial charge in [-0.1, -0.05) is 51.1 Å². The average molecular weight is 265 g/mol. The molecule has 2 nitrogen and oxygen atoms in total. The summed E-state index contributed by atoms with van der Waals surface area (Å²) in [6.45, 7) is 6.45. The molecule has 0 bridgehead atoms. The van der Waals surface area contributed by atoms with Crippen LogP contribution in [0.2, 0.25) is 0 Å². The van der Waals surface area contributed by atoms with E-state index in [-0.39, 0.29) is 17.1 Å². The first kappa shape index (κ1) is 14.1. The van der Waals surface area contributed by atoms with Crippen LogP contribution in [-0.4, -0.2) is 5.11 Å². The Balaban J connectivity index is 2.66. The lowest BCUT2D eigenvalue weighted by Crippen LogP contribution is -2.20. The van der Waals surface area contributed by atoms with Crippen molar-refractivity contribution in [3.05, 3.63) is 65.2 Å². The molecule has 0 fully saturated rings. The summed E-state index contributed by atoms with van der Waals surface area (Å²) >= 11 is 0. The zero-order valence-electron chi connectivity index (χ0n) is 12.1. The molecule has 2 aromatic carbocycles. The summed E-state index contributed by atoms with van der Waals surface area (Å²) in [5.41, 5.74) is 2.60. The van der Waals surface area contributed by atoms with Crippen molar-refractivity contribution in [3.8, 4) is 11.8 Å². The first-order valence-corrected chi connectivity index (χ1v) is 6.71. The smallest absolute Gasteiger partial charge is 0.115 e. The standard InChI is InChI=1S/C18H19NO/c1-18(2,3)17(13-7-5-4-6-8-13)16-11-15(20)10-9-14(16)12-19/h4-11,17,20H,1-3H3/t17-/m1/s1. The third-order valence-corrected chi connectivity index (χ3v) is 3.47. The minimum atomic E-state index is -0.0548. The Labute approximate surface area is 120 Å². The van der Waals surface area contributed by atoms with Crippen LogP contribution in [0.15, 0.2) is 48.5 Å². The van der Waals surface area contributed by atoms with E-state index in [1.165, 1.54) is 0 Å². The van der Waals surface area contributed by atoms with Crippen molar-refractivity contribution in [2.45, 2.75) is 26.7 Å². The van der Waals surface area contributed by atoms with Crippen LogP contribution in [0.3, 0.4) is 0 Å². The summed E-state index contributed by atoms with van der Waals surface area (Å²) in [7, 11) is 0. The summed E-state index contributed by atoms with van der Waals surface area (Å²) in [6, 6.07) is 17.3. The minimum Gasteiger partial charge on any atom is -0.508 e. The molecule has 2 rings (SSSR count). The van der Waals surface area contributed by atoms with Gasteiger partial charge in [-0.15, -0.1) is 0 Å². The molecule has 0 aromatic heterocycles. The number of benzene rings is 2. The van der Waals surface area contributed by atoms with Crippen molar-refractivity contribution in [1.82, 2.24) is 0 Å². The van der Waals surface area contributed by atoms with Crippen LogP contribution in [-0.2, 0) is 0 Å². The van der Waals surface area contributed by atoms with Crippen molar-refractivity contribution in [2.24, 2.45) is 5.41 Å². The fourth-order valence-corrected chi connectivity index (χ4v) is 2.68. The van der Waals surface area contributed by atoms with Crippen LogP contribution >= 0.6 is 0 Å². The van der Waals surface area contributed by atoms with Crippen LogP contribution in [0.1, 0.15) is 43.4 Å². The first-order chi connectivity index (χ1) is 9.43. The fraction of sp³-hybridized carbons (Fsp3) is 0.278. The van der Waals surface area contributed by atoms with Gasteiger partial charge in [0.1, 0.15) is 5.75 Å². The fourth-order valence-electron chi connectivity index (χ4n) is 2.68. The van der Waals surface area contributed by atoms with Crippen LogP contribution in [0.4, 0.5) is 0 Å². The van der Waals surface area contributed by atoms with Gasteiger partial charge in [-0.25, -0.2) is 0 Å². The lowest BCUT2D eigenvalue weighted by Gasteiger charge is -2.32. The number of aromatic hydroxyl groups is 1. The zero-order chi connectivity index (χ0) is 14.8. The highest BCUT2D eigenvalue weighted by Crippen LogP contribution is 2.42. The second-order valence-electron chi connectivity index (χ2n) is 6.09. The minimum absolute atomic E-state index is 0.0548. The second kappa shape index (κ2) is 5.38. The summed E-state index contributed by atoms with van der Waals surface area (Å²) in [6.07, 6.45) is 0. The lowest BCUT2D eigenvalue weighted by molar-refractivity contribution is 0.357. The van der Waals surface area contributed by atoms with Crippen molar-refractivity contribution in [3.63, 3.8) is 0 Å². The number of phenolic OH excluding ortho intramolecular Hbond substituents is 1. The summed E-state index contributed by atoms with van der Waals surface area (Å²) in [5, 5.41) is 19.1. The van der Waals surface area contributed by atoms with E-state index in [1.54, 1.807) is 18.2 Å². The second-order valence-corrected chi connectivity index (χ2v) is 6.09. The summed E-state index contributed by atoms with van der Waals surface area (Å²) < 4.78 is 0. The van der Waals surface area contributed by atoms with Gasteiger partial charge in [0.2, 0.25) is 0 Å². The number of hydrogen-bond acceptors (Lipinski definition) is 2. The van der Waals surface area contributed by atoms with E-state index < -0.39 is 0 Å². The maximum absolute atomic E-state index is 9.79. The lowest BCUT2D eigenvalue weighted by atomic mass is 9.71. The monoisotopic (exact) mass is 265 g/mol. The van der Waals surface area contributed by atoms with E-state index in [0.717, 1.165) is 11.1 Å². The molecular weight excluding hydrogens is 246 g/mol. The number of phenols is 1. The third-order valence-electron chi connectivity index (χ3n) is 3.47. The molecule has 0 unspecified atom stereocenters. The van der Waals surface area contributed by atoms with Gasteiger partial charge < -0.3 is 5.11 Å². The van der Waals surface area contributed by atoms with Gasteiger partial charge in [0.25, 0.3) is 0 Å². The maximum atomic E-state index is 9.79. The van der Waals surface area contributed by atoms with E-state index in [2.05, 4.69) is 39.0 Å². The molecule has 20 heavy (non-hydrogen) atoms. The Hall–Kier alpha value is -2.27. The van der Waals surface area contributed by atoms with Gasteiger partial charge >= 0.3 is 0 Å². The molecule has 2 aromatic rings. The van der Waals surface area contributed by atoms with Crippen molar-refractivity contribution >= 4 is 0 Å². The molecule has 0 aliphatic heterocycles. The molecule has 0 saturated carbocycles.